The minimum Gasteiger partial charge on any atom is -0.496 e. The monoisotopic (exact) mass is 253 g/mol. The number of halogens is 2. The van der Waals surface area contributed by atoms with Gasteiger partial charge in [0, 0.05) is 10.6 Å². The number of hydrogen-bond acceptors (Lipinski definition) is 4. The number of nitrogens with two attached hydrogens (primary N) is 1. The van der Waals surface area contributed by atoms with Crippen LogP contribution in [0.25, 0.3) is 11.3 Å². The molecule has 88 valence electrons. The van der Waals surface area contributed by atoms with E-state index in [9.17, 15) is 4.39 Å². The van der Waals surface area contributed by atoms with Gasteiger partial charge in [-0.1, -0.05) is 11.6 Å². The lowest BCUT2D eigenvalue weighted by Gasteiger charge is -2.09. The number of benzene rings is 1. The molecule has 1 aromatic heterocycles. The molecule has 0 radical (unpaired) electrons. The molecule has 17 heavy (non-hydrogen) atoms. The summed E-state index contributed by atoms with van der Waals surface area (Å²) in [7, 11) is 1.48. The smallest absolute Gasteiger partial charge is 0.220 e. The van der Waals surface area contributed by atoms with Crippen LogP contribution in [-0.4, -0.2) is 17.1 Å². The zero-order valence-corrected chi connectivity index (χ0v) is 9.70. The van der Waals surface area contributed by atoms with Crippen molar-refractivity contribution in [3.05, 3.63) is 35.2 Å². The van der Waals surface area contributed by atoms with Gasteiger partial charge >= 0.3 is 0 Å². The summed E-state index contributed by atoms with van der Waals surface area (Å²) in [5.41, 5.74) is 5.93. The van der Waals surface area contributed by atoms with E-state index in [-0.39, 0.29) is 11.6 Å². The highest BCUT2D eigenvalue weighted by Gasteiger charge is 2.13. The fraction of sp³-hybridized carbons (Fsp3) is 0.0909. The Balaban J connectivity index is 2.66. The zero-order valence-electron chi connectivity index (χ0n) is 8.95. The first-order chi connectivity index (χ1) is 8.11. The Morgan fingerprint density at radius 2 is 2.18 bits per heavy atom. The summed E-state index contributed by atoms with van der Waals surface area (Å²) in [6.45, 7) is 0. The van der Waals surface area contributed by atoms with E-state index in [4.69, 9.17) is 22.1 Å². The molecular formula is C11H9ClFN3O. The van der Waals surface area contributed by atoms with E-state index in [1.165, 1.54) is 7.11 Å². The fourth-order valence-corrected chi connectivity index (χ4v) is 1.61. The number of ether oxygens (including phenoxy) is 1. The van der Waals surface area contributed by atoms with Gasteiger partial charge in [0.05, 0.1) is 13.3 Å². The van der Waals surface area contributed by atoms with Crippen LogP contribution in [-0.2, 0) is 0 Å². The Morgan fingerprint density at radius 3 is 2.88 bits per heavy atom. The van der Waals surface area contributed by atoms with Crippen LogP contribution in [0.5, 0.6) is 5.75 Å². The van der Waals surface area contributed by atoms with Gasteiger partial charge in [0.15, 0.2) is 5.82 Å². The third-order valence-electron chi connectivity index (χ3n) is 2.18. The summed E-state index contributed by atoms with van der Waals surface area (Å²) >= 11 is 5.86. The molecule has 2 N–H and O–H groups in total. The normalized spacial score (nSPS) is 10.3. The first kappa shape index (κ1) is 11.6. The Hall–Kier alpha value is -1.88. The van der Waals surface area contributed by atoms with Crippen LogP contribution in [0, 0.1) is 5.82 Å². The summed E-state index contributed by atoms with van der Waals surface area (Å²) < 4.78 is 18.7. The van der Waals surface area contributed by atoms with Crippen molar-refractivity contribution in [3.63, 3.8) is 0 Å². The predicted octanol–water partition coefficient (Wildman–Crippen LogP) is 2.53. The second kappa shape index (κ2) is 4.55. The third-order valence-corrected chi connectivity index (χ3v) is 2.41. The number of rotatable bonds is 2. The van der Waals surface area contributed by atoms with E-state index in [1.807, 2.05) is 0 Å². The lowest BCUT2D eigenvalue weighted by atomic mass is 10.1. The lowest BCUT2D eigenvalue weighted by Crippen LogP contribution is -2.00. The van der Waals surface area contributed by atoms with Crippen LogP contribution in [0.4, 0.5) is 10.3 Å². The maximum atomic E-state index is 13.6. The molecule has 0 spiro atoms. The molecule has 1 heterocycles. The molecule has 2 aromatic rings. The number of aromatic nitrogens is 2. The molecule has 0 unspecified atom stereocenters. The van der Waals surface area contributed by atoms with E-state index in [0.29, 0.717) is 16.3 Å². The summed E-state index contributed by atoms with van der Waals surface area (Å²) in [5, 5.41) is 0.456. The molecule has 0 fully saturated rings. The highest BCUT2D eigenvalue weighted by molar-refractivity contribution is 6.30. The molecule has 0 saturated carbocycles. The Morgan fingerprint density at radius 1 is 1.41 bits per heavy atom. The molecule has 0 atom stereocenters. The van der Waals surface area contributed by atoms with Gasteiger partial charge in [-0.05, 0) is 18.2 Å². The summed E-state index contributed by atoms with van der Waals surface area (Å²) in [6.07, 6.45) is 1.01. The maximum absolute atomic E-state index is 13.6. The maximum Gasteiger partial charge on any atom is 0.220 e. The first-order valence-electron chi connectivity index (χ1n) is 4.73. The molecule has 0 amide bonds. The Labute approximate surface area is 102 Å². The van der Waals surface area contributed by atoms with E-state index >= 15 is 0 Å². The van der Waals surface area contributed by atoms with Gasteiger partial charge in [-0.15, -0.1) is 0 Å². The molecule has 2 rings (SSSR count). The standard InChI is InChI=1S/C11H9ClFN3O/c1-17-9-3-2-6(12)4-7(9)10-8(13)5-15-11(14)16-10/h2-5H,1H3,(H2,14,15,16). The van der Waals surface area contributed by atoms with Crippen molar-refractivity contribution in [2.45, 2.75) is 0 Å². The number of nitrogens with zero attached hydrogens (tertiary/aromatic N) is 2. The van der Waals surface area contributed by atoms with Crippen molar-refractivity contribution in [2.24, 2.45) is 0 Å². The molecular weight excluding hydrogens is 245 g/mol. The summed E-state index contributed by atoms with van der Waals surface area (Å²) in [6, 6.07) is 4.84. The van der Waals surface area contributed by atoms with Crippen LogP contribution in [0.15, 0.2) is 24.4 Å². The van der Waals surface area contributed by atoms with Crippen molar-refractivity contribution < 1.29 is 9.13 Å². The zero-order chi connectivity index (χ0) is 12.4. The highest BCUT2D eigenvalue weighted by atomic mass is 35.5. The van der Waals surface area contributed by atoms with Crippen LogP contribution < -0.4 is 10.5 Å². The van der Waals surface area contributed by atoms with Gasteiger partial charge in [-0.25, -0.2) is 14.4 Å². The summed E-state index contributed by atoms with van der Waals surface area (Å²) in [5.74, 6) is -0.130. The van der Waals surface area contributed by atoms with Crippen LogP contribution in [0.3, 0.4) is 0 Å². The number of anilines is 1. The molecule has 0 aliphatic carbocycles. The quantitative estimate of drug-likeness (QED) is 0.893. The fourth-order valence-electron chi connectivity index (χ4n) is 1.43. The SMILES string of the molecule is COc1ccc(Cl)cc1-c1nc(N)ncc1F. The van der Waals surface area contributed by atoms with Gasteiger partial charge in [0.25, 0.3) is 0 Å². The summed E-state index contributed by atoms with van der Waals surface area (Å²) in [4.78, 5) is 7.41. The van der Waals surface area contributed by atoms with Crippen molar-refractivity contribution in [3.8, 4) is 17.0 Å². The molecule has 1 aromatic carbocycles. The number of methoxy groups -OCH3 is 1. The third kappa shape index (κ3) is 2.29. The second-order valence-electron chi connectivity index (χ2n) is 3.27. The van der Waals surface area contributed by atoms with Crippen LogP contribution in [0.2, 0.25) is 5.02 Å². The predicted molar refractivity (Wildman–Crippen MR) is 63.4 cm³/mol. The van der Waals surface area contributed by atoms with Crippen molar-refractivity contribution in [2.75, 3.05) is 12.8 Å². The van der Waals surface area contributed by atoms with Gasteiger partial charge in [0.2, 0.25) is 5.95 Å². The van der Waals surface area contributed by atoms with Crippen LogP contribution in [0.1, 0.15) is 0 Å². The number of hydrogen-bond donors (Lipinski definition) is 1. The second-order valence-corrected chi connectivity index (χ2v) is 3.71. The molecule has 4 nitrogen and oxygen atoms in total. The minimum atomic E-state index is -0.584. The first-order valence-corrected chi connectivity index (χ1v) is 5.11. The number of nitrogen functional groups attached to an aromatic ring is 1. The topological polar surface area (TPSA) is 61.0 Å². The van der Waals surface area contributed by atoms with Crippen molar-refractivity contribution in [1.29, 1.82) is 0 Å². The Bertz CT molecular complexity index is 562. The molecule has 0 aliphatic heterocycles. The van der Waals surface area contributed by atoms with E-state index in [1.54, 1.807) is 18.2 Å². The Kier molecular flexibility index (Phi) is 3.10. The van der Waals surface area contributed by atoms with Gasteiger partial charge in [0.1, 0.15) is 11.4 Å². The lowest BCUT2D eigenvalue weighted by molar-refractivity contribution is 0.416. The van der Waals surface area contributed by atoms with E-state index < -0.39 is 5.82 Å². The average Bonchev–Trinajstić information content (AvgIpc) is 2.32. The van der Waals surface area contributed by atoms with Gasteiger partial charge in [-0.3, -0.25) is 0 Å². The van der Waals surface area contributed by atoms with E-state index in [2.05, 4.69) is 9.97 Å². The van der Waals surface area contributed by atoms with Crippen LogP contribution >= 0.6 is 11.6 Å². The largest absolute Gasteiger partial charge is 0.496 e. The molecule has 6 heteroatoms. The minimum absolute atomic E-state index is 0.0107. The van der Waals surface area contributed by atoms with E-state index in [0.717, 1.165) is 6.20 Å². The highest BCUT2D eigenvalue weighted by Crippen LogP contribution is 2.32. The van der Waals surface area contributed by atoms with Crippen molar-refractivity contribution in [1.82, 2.24) is 9.97 Å². The molecule has 0 aliphatic rings. The van der Waals surface area contributed by atoms with Crippen molar-refractivity contribution >= 4 is 17.5 Å². The molecule has 0 saturated heterocycles. The average molecular weight is 254 g/mol. The van der Waals surface area contributed by atoms with Gasteiger partial charge in [-0.2, -0.15) is 0 Å². The molecule has 0 bridgehead atoms. The van der Waals surface area contributed by atoms with Gasteiger partial charge < -0.3 is 10.5 Å².